The first-order valence-electron chi connectivity index (χ1n) is 23.3. The molecule has 1 unspecified atom stereocenters. The van der Waals surface area contributed by atoms with Crippen molar-refractivity contribution in [1.29, 1.82) is 0 Å². The summed E-state index contributed by atoms with van der Waals surface area (Å²) in [5.41, 5.74) is 0. The minimum atomic E-state index is -4.68. The molecule has 13 nitrogen and oxygen atoms in total. The van der Waals surface area contributed by atoms with Gasteiger partial charge in [-0.15, -0.1) is 0 Å². The van der Waals surface area contributed by atoms with Crippen molar-refractivity contribution in [2.75, 3.05) is 26.4 Å². The van der Waals surface area contributed by atoms with Crippen LogP contribution in [0.5, 0.6) is 0 Å². The second-order valence-corrected chi connectivity index (χ2v) is 18.5. The van der Waals surface area contributed by atoms with Gasteiger partial charge < -0.3 is 34.8 Å². The number of phosphoric acid groups is 1. The van der Waals surface area contributed by atoms with Crippen LogP contribution in [0.2, 0.25) is 0 Å². The number of allylic oxidation sites excluding steroid dienone is 2. The third kappa shape index (κ3) is 30.1. The van der Waals surface area contributed by atoms with Crippen molar-refractivity contribution in [3.05, 3.63) is 24.3 Å². The Bertz CT molecular complexity index is 1220. The van der Waals surface area contributed by atoms with E-state index in [1.807, 2.05) is 12.2 Å². The van der Waals surface area contributed by atoms with Gasteiger partial charge in [0, 0.05) is 31.1 Å². The molecular weight excluding hydrogens is 791 g/mol. The van der Waals surface area contributed by atoms with Crippen molar-refractivity contribution in [1.82, 2.24) is 0 Å². The predicted octanol–water partition coefficient (Wildman–Crippen LogP) is 9.01. The Morgan fingerprint density at radius 3 is 1.93 bits per heavy atom. The Morgan fingerprint density at radius 2 is 1.33 bits per heavy atom. The summed E-state index contributed by atoms with van der Waals surface area (Å²) in [7, 11) is -4.68. The van der Waals surface area contributed by atoms with E-state index in [2.05, 4.69) is 25.3 Å². The van der Waals surface area contributed by atoms with Gasteiger partial charge in [-0.1, -0.05) is 154 Å². The first-order valence-corrected chi connectivity index (χ1v) is 24.7. The quantitative estimate of drug-likeness (QED) is 0.0169. The number of rotatable bonds is 39. The highest BCUT2D eigenvalue weighted by Gasteiger charge is 2.39. The average molecular weight is 875 g/mol. The molecule has 0 bridgehead atoms. The number of phosphoric ester groups is 1. The molecule has 1 aliphatic rings. The van der Waals surface area contributed by atoms with Gasteiger partial charge in [0.1, 0.15) is 18.5 Å². The van der Waals surface area contributed by atoms with Crippen molar-refractivity contribution in [2.45, 2.75) is 206 Å². The maximum absolute atomic E-state index is 12.7. The van der Waals surface area contributed by atoms with Gasteiger partial charge in [-0.05, 0) is 38.0 Å². The van der Waals surface area contributed by atoms with Crippen LogP contribution < -0.4 is 0 Å². The summed E-state index contributed by atoms with van der Waals surface area (Å²) < 4.78 is 32.7. The molecule has 5 N–H and O–H groups in total. The topological polar surface area (TPSA) is 206 Å². The first-order chi connectivity index (χ1) is 28.8. The van der Waals surface area contributed by atoms with Crippen LogP contribution in [0.4, 0.5) is 0 Å². The van der Waals surface area contributed by atoms with Crippen LogP contribution in [0.1, 0.15) is 181 Å². The molecule has 0 aromatic rings. The number of carbonyl (C=O) groups excluding carboxylic acids is 3. The van der Waals surface area contributed by atoms with Crippen LogP contribution in [-0.2, 0) is 37.5 Å². The zero-order chi connectivity index (χ0) is 44.4. The molecule has 1 aliphatic carbocycles. The van der Waals surface area contributed by atoms with Crippen molar-refractivity contribution in [2.24, 2.45) is 17.8 Å². The maximum Gasteiger partial charge on any atom is 0.472 e. The summed E-state index contributed by atoms with van der Waals surface area (Å²) in [6.07, 6.45) is 26.5. The van der Waals surface area contributed by atoms with Gasteiger partial charge >= 0.3 is 19.8 Å². The van der Waals surface area contributed by atoms with Crippen LogP contribution in [0, 0.1) is 17.8 Å². The second-order valence-electron chi connectivity index (χ2n) is 17.0. The molecule has 350 valence electrons. The first kappa shape index (κ1) is 56.1. The van der Waals surface area contributed by atoms with E-state index in [0.29, 0.717) is 32.1 Å². The number of Topliss-reactive ketones (excluding diaryl/α,β-unsaturated/α-hetero) is 1. The lowest BCUT2D eigenvalue weighted by Crippen LogP contribution is -2.29. The molecule has 0 radical (unpaired) electrons. The van der Waals surface area contributed by atoms with Gasteiger partial charge in [0.25, 0.3) is 0 Å². The lowest BCUT2D eigenvalue weighted by atomic mass is 9.90. The molecule has 0 amide bonds. The van der Waals surface area contributed by atoms with E-state index >= 15 is 0 Å². The highest BCUT2D eigenvalue weighted by atomic mass is 31.2. The van der Waals surface area contributed by atoms with Gasteiger partial charge in [-0.25, -0.2) is 4.57 Å². The molecule has 0 spiro atoms. The van der Waals surface area contributed by atoms with E-state index in [0.717, 1.165) is 44.4 Å². The van der Waals surface area contributed by atoms with Crippen LogP contribution in [0.25, 0.3) is 0 Å². The average Bonchev–Trinajstić information content (AvgIpc) is 3.48. The Balaban J connectivity index is 2.43. The minimum absolute atomic E-state index is 0.0168. The van der Waals surface area contributed by atoms with Crippen LogP contribution >= 0.6 is 7.82 Å². The third-order valence-electron chi connectivity index (χ3n) is 10.9. The van der Waals surface area contributed by atoms with Gasteiger partial charge in [0.15, 0.2) is 6.10 Å². The number of ketones is 1. The molecule has 1 saturated carbocycles. The summed E-state index contributed by atoms with van der Waals surface area (Å²) >= 11 is 0. The molecule has 60 heavy (non-hydrogen) atoms. The van der Waals surface area contributed by atoms with Crippen LogP contribution in [0.15, 0.2) is 24.3 Å². The number of esters is 2. The summed E-state index contributed by atoms with van der Waals surface area (Å²) in [6, 6.07) is 0. The number of aliphatic hydroxyl groups excluding tert-OH is 4. The maximum atomic E-state index is 12.7. The fraction of sp³-hybridized carbons (Fsp3) is 0.848. The minimum Gasteiger partial charge on any atom is -0.462 e. The Kier molecular flexibility index (Phi) is 33.2. The van der Waals surface area contributed by atoms with Crippen molar-refractivity contribution < 1.29 is 62.8 Å². The highest BCUT2D eigenvalue weighted by Crippen LogP contribution is 2.43. The molecule has 0 aromatic heterocycles. The normalized spacial score (nSPS) is 19.6. The number of ether oxygens (including phenoxy) is 2. The molecule has 1 rings (SSSR count). The number of carbonyl (C=O) groups is 3. The van der Waals surface area contributed by atoms with E-state index < -0.39 is 70.6 Å². The molecule has 7 atom stereocenters. The summed E-state index contributed by atoms with van der Waals surface area (Å²) in [4.78, 5) is 47.8. The fourth-order valence-corrected chi connectivity index (χ4v) is 8.01. The second kappa shape index (κ2) is 35.5. The highest BCUT2D eigenvalue weighted by molar-refractivity contribution is 7.47. The third-order valence-corrected chi connectivity index (χ3v) is 11.9. The zero-order valence-electron chi connectivity index (χ0n) is 37.3. The molecule has 0 aromatic carbocycles. The Labute approximate surface area is 361 Å². The standard InChI is InChI=1S/C46H83O13P/c1-4-5-20-26-38(48)30-31-42-41(43(50)32-44(42)51)27-22-18-19-23-28-45(52)56-35-40(36-58-60(54,55)57-34-39(49)33-47)59-46(53)29-24-17-15-13-11-9-7-6-8-10-12-14-16-21-25-37(2)3/h18,22,30-31,37-42,44,47-49,51H,4-17,19-21,23-29,32-36H2,1-3H3,(H,54,55)/b22-18-,31-30+/t38-,39-,40+,41+,42+,44+/m0/s1. The number of hydrogen-bond donors (Lipinski definition) is 5. The largest absolute Gasteiger partial charge is 0.472 e. The van der Waals surface area contributed by atoms with Crippen molar-refractivity contribution >= 4 is 25.5 Å². The van der Waals surface area contributed by atoms with Gasteiger partial charge in [0.05, 0.1) is 32.0 Å². The predicted molar refractivity (Wildman–Crippen MR) is 234 cm³/mol. The van der Waals surface area contributed by atoms with Crippen LogP contribution in [-0.4, -0.2) is 93.9 Å². The smallest absolute Gasteiger partial charge is 0.462 e. The molecule has 0 saturated heterocycles. The lowest BCUT2D eigenvalue weighted by molar-refractivity contribution is -0.161. The molecule has 1 fully saturated rings. The molecular formula is C46H83O13P. The Morgan fingerprint density at radius 1 is 0.767 bits per heavy atom. The summed E-state index contributed by atoms with van der Waals surface area (Å²) in [5.74, 6) is -1.07. The monoisotopic (exact) mass is 875 g/mol. The fourth-order valence-electron chi connectivity index (χ4n) is 7.22. The van der Waals surface area contributed by atoms with Crippen LogP contribution in [0.3, 0.4) is 0 Å². The molecule has 14 heteroatoms. The van der Waals surface area contributed by atoms with E-state index in [9.17, 15) is 39.2 Å². The molecule has 0 aliphatic heterocycles. The van der Waals surface area contributed by atoms with Gasteiger partial charge in [-0.2, -0.15) is 0 Å². The summed E-state index contributed by atoms with van der Waals surface area (Å²) in [5, 5.41) is 39.1. The van der Waals surface area contributed by atoms with E-state index in [4.69, 9.17) is 19.1 Å². The van der Waals surface area contributed by atoms with Crippen molar-refractivity contribution in [3.63, 3.8) is 0 Å². The molecule has 0 heterocycles. The SMILES string of the molecule is CCCCC[C@H](O)/C=C/[C@H]1[C@H](O)CC(=O)[C@@H]1C/C=C\CCCC(=O)OC[C@H](COP(=O)(O)OC[C@@H](O)CO)OC(=O)CCCCCCCCCCCCCCCCC(C)C. The summed E-state index contributed by atoms with van der Waals surface area (Å²) in [6.45, 7) is 4.31. The van der Waals surface area contributed by atoms with E-state index in [-0.39, 0.29) is 36.9 Å². The number of aliphatic hydroxyl groups is 4. The number of hydrogen-bond acceptors (Lipinski definition) is 12. The van der Waals surface area contributed by atoms with E-state index in [1.54, 1.807) is 12.2 Å². The van der Waals surface area contributed by atoms with Crippen molar-refractivity contribution in [3.8, 4) is 0 Å². The zero-order valence-corrected chi connectivity index (χ0v) is 38.2. The van der Waals surface area contributed by atoms with Gasteiger partial charge in [-0.3, -0.25) is 23.4 Å². The van der Waals surface area contributed by atoms with Gasteiger partial charge in [0.2, 0.25) is 0 Å². The van der Waals surface area contributed by atoms with E-state index in [1.165, 1.54) is 70.6 Å². The number of unbranched alkanes of at least 4 members (excludes halogenated alkanes) is 16. The Hall–Kier alpha value is -1.96. The lowest BCUT2D eigenvalue weighted by Gasteiger charge is -2.20.